The van der Waals surface area contributed by atoms with Crippen LogP contribution >= 0.6 is 0 Å². The van der Waals surface area contributed by atoms with Crippen LogP contribution in [0.15, 0.2) is 48.8 Å². The molecule has 1 amide bonds. The highest BCUT2D eigenvalue weighted by Crippen LogP contribution is 2.22. The molecule has 0 unspecified atom stereocenters. The highest BCUT2D eigenvalue weighted by Gasteiger charge is 2.31. The summed E-state index contributed by atoms with van der Waals surface area (Å²) < 4.78 is 11.1. The SMILES string of the molecule is CO[C@@H]1COCC[C@@H]1NC1CCN(C(=O)c2ncnc(Cc3ccc4ccccc4c3)c2C)CC1. The van der Waals surface area contributed by atoms with E-state index >= 15 is 0 Å². The fraction of sp³-hybridized carbons (Fsp3) is 0.464. The van der Waals surface area contributed by atoms with Crippen LogP contribution in [0.3, 0.4) is 0 Å². The van der Waals surface area contributed by atoms with Gasteiger partial charge in [-0.15, -0.1) is 0 Å². The maximum Gasteiger partial charge on any atom is 0.272 e. The minimum Gasteiger partial charge on any atom is -0.379 e. The summed E-state index contributed by atoms with van der Waals surface area (Å²) in [5.41, 5.74) is 3.47. The molecule has 1 aromatic heterocycles. The lowest BCUT2D eigenvalue weighted by Gasteiger charge is -2.38. The molecule has 2 aliphatic heterocycles. The number of fused-ring (bicyclic) bond motifs is 1. The van der Waals surface area contributed by atoms with E-state index in [4.69, 9.17) is 9.47 Å². The second-order valence-electron chi connectivity index (χ2n) is 9.63. The third kappa shape index (κ3) is 5.37. The molecule has 2 saturated heterocycles. The van der Waals surface area contributed by atoms with E-state index < -0.39 is 0 Å². The van der Waals surface area contributed by atoms with Gasteiger partial charge < -0.3 is 19.7 Å². The number of nitrogens with one attached hydrogen (secondary N) is 1. The molecule has 1 N–H and O–H groups in total. The third-order valence-electron chi connectivity index (χ3n) is 7.42. The van der Waals surface area contributed by atoms with Crippen molar-refractivity contribution in [2.45, 2.75) is 50.8 Å². The molecular formula is C28H34N4O3. The first-order valence-electron chi connectivity index (χ1n) is 12.6. The largest absolute Gasteiger partial charge is 0.379 e. The fourth-order valence-electron chi connectivity index (χ4n) is 5.26. The highest BCUT2D eigenvalue weighted by atomic mass is 16.5. The molecule has 0 aliphatic carbocycles. The van der Waals surface area contributed by atoms with E-state index in [2.05, 4.69) is 57.7 Å². The van der Waals surface area contributed by atoms with Crippen LogP contribution < -0.4 is 5.32 Å². The number of likely N-dealkylation sites (tertiary alicyclic amines) is 1. The van der Waals surface area contributed by atoms with Gasteiger partial charge in [0.15, 0.2) is 0 Å². The predicted octanol–water partition coefficient (Wildman–Crippen LogP) is 3.53. The molecule has 0 saturated carbocycles. The Kier molecular flexibility index (Phi) is 7.37. The molecular weight excluding hydrogens is 440 g/mol. The molecule has 3 aromatic rings. The van der Waals surface area contributed by atoms with Crippen LogP contribution in [0.2, 0.25) is 0 Å². The first-order chi connectivity index (χ1) is 17.1. The van der Waals surface area contributed by atoms with Crippen LogP contribution in [0.1, 0.15) is 46.6 Å². The first-order valence-corrected chi connectivity index (χ1v) is 12.6. The van der Waals surface area contributed by atoms with Crippen LogP contribution in [0.4, 0.5) is 0 Å². The topological polar surface area (TPSA) is 76.6 Å². The second-order valence-corrected chi connectivity index (χ2v) is 9.63. The molecule has 2 aromatic carbocycles. The standard InChI is InChI=1S/C28H34N4O3/c1-19-25(16-20-7-8-21-5-3-4-6-22(21)15-20)29-18-30-27(19)28(33)32-12-9-23(10-13-32)31-24-11-14-35-17-26(24)34-2/h3-8,15,18,23-24,26,31H,9-14,16-17H2,1-2H3/t24-,26+/m0/s1. The Morgan fingerprint density at radius 2 is 1.91 bits per heavy atom. The molecule has 5 rings (SSSR count). The van der Waals surface area contributed by atoms with Crippen LogP contribution in [-0.4, -0.2) is 72.4 Å². The molecule has 0 bridgehead atoms. The minimum atomic E-state index is 0.00365. The lowest BCUT2D eigenvalue weighted by Crippen LogP contribution is -2.54. The lowest BCUT2D eigenvalue weighted by molar-refractivity contribution is -0.0533. The van der Waals surface area contributed by atoms with Gasteiger partial charge in [0.05, 0.1) is 18.4 Å². The van der Waals surface area contributed by atoms with Crippen LogP contribution in [0.25, 0.3) is 10.8 Å². The maximum atomic E-state index is 13.4. The van der Waals surface area contributed by atoms with E-state index in [1.54, 1.807) is 7.11 Å². The first kappa shape index (κ1) is 23.9. The highest BCUT2D eigenvalue weighted by molar-refractivity contribution is 5.94. The maximum absolute atomic E-state index is 13.4. The summed E-state index contributed by atoms with van der Waals surface area (Å²) in [6.07, 6.45) is 5.10. The zero-order valence-corrected chi connectivity index (χ0v) is 20.6. The molecule has 2 aliphatic rings. The van der Waals surface area contributed by atoms with Crippen molar-refractivity contribution in [2.24, 2.45) is 0 Å². The summed E-state index contributed by atoms with van der Waals surface area (Å²) in [5, 5.41) is 6.18. The molecule has 0 spiro atoms. The van der Waals surface area contributed by atoms with Crippen LogP contribution in [-0.2, 0) is 15.9 Å². The monoisotopic (exact) mass is 474 g/mol. The summed E-state index contributed by atoms with van der Waals surface area (Å²) in [5.74, 6) is 0.00365. The van der Waals surface area contributed by atoms with Gasteiger partial charge in [0, 0.05) is 50.9 Å². The van der Waals surface area contributed by atoms with Crippen molar-refractivity contribution in [3.8, 4) is 0 Å². The van der Waals surface area contributed by atoms with E-state index in [0.29, 0.717) is 30.8 Å². The number of aromatic nitrogens is 2. The summed E-state index contributed by atoms with van der Waals surface area (Å²) in [7, 11) is 1.74. The smallest absolute Gasteiger partial charge is 0.272 e. The van der Waals surface area contributed by atoms with Crippen molar-refractivity contribution >= 4 is 16.7 Å². The Morgan fingerprint density at radius 1 is 1.11 bits per heavy atom. The van der Waals surface area contributed by atoms with E-state index in [1.807, 2.05) is 11.8 Å². The zero-order chi connectivity index (χ0) is 24.2. The van der Waals surface area contributed by atoms with E-state index in [-0.39, 0.29) is 12.0 Å². The van der Waals surface area contributed by atoms with Gasteiger partial charge in [0.25, 0.3) is 5.91 Å². The van der Waals surface area contributed by atoms with E-state index in [9.17, 15) is 4.79 Å². The van der Waals surface area contributed by atoms with Crippen molar-refractivity contribution in [3.63, 3.8) is 0 Å². The van der Waals surface area contributed by atoms with Gasteiger partial charge in [-0.3, -0.25) is 4.79 Å². The number of hydrogen-bond acceptors (Lipinski definition) is 6. The Balaban J connectivity index is 1.22. The number of methoxy groups -OCH3 is 1. The van der Waals surface area contributed by atoms with Crippen LogP contribution in [0, 0.1) is 6.92 Å². The van der Waals surface area contributed by atoms with Gasteiger partial charge in [0.1, 0.15) is 12.0 Å². The number of ether oxygens (including phenoxy) is 2. The number of carbonyl (C=O) groups excluding carboxylic acids is 1. The number of hydrogen-bond donors (Lipinski definition) is 1. The number of benzene rings is 2. The normalized spacial score (nSPS) is 21.4. The average molecular weight is 475 g/mol. The molecule has 7 heteroatoms. The van der Waals surface area contributed by atoms with Gasteiger partial charge in [0.2, 0.25) is 0 Å². The quantitative estimate of drug-likeness (QED) is 0.589. The van der Waals surface area contributed by atoms with Gasteiger partial charge in [-0.1, -0.05) is 42.5 Å². The summed E-state index contributed by atoms with van der Waals surface area (Å²) in [6, 6.07) is 15.5. The molecule has 2 fully saturated rings. The molecule has 35 heavy (non-hydrogen) atoms. The van der Waals surface area contributed by atoms with E-state index in [0.717, 1.165) is 50.2 Å². The van der Waals surface area contributed by atoms with Crippen molar-refractivity contribution in [1.82, 2.24) is 20.2 Å². The van der Waals surface area contributed by atoms with Crippen molar-refractivity contribution in [2.75, 3.05) is 33.4 Å². The van der Waals surface area contributed by atoms with Crippen molar-refractivity contribution in [3.05, 3.63) is 71.3 Å². The Labute approximate surface area is 206 Å². The Hall–Kier alpha value is -2.87. The summed E-state index contributed by atoms with van der Waals surface area (Å²) in [4.78, 5) is 24.2. The molecule has 3 heterocycles. The van der Waals surface area contributed by atoms with Gasteiger partial charge >= 0.3 is 0 Å². The second kappa shape index (κ2) is 10.8. The Morgan fingerprint density at radius 3 is 2.71 bits per heavy atom. The Bertz CT molecular complexity index is 1180. The number of piperidine rings is 1. The van der Waals surface area contributed by atoms with Crippen molar-refractivity contribution < 1.29 is 14.3 Å². The summed E-state index contributed by atoms with van der Waals surface area (Å²) in [6.45, 7) is 4.82. The van der Waals surface area contributed by atoms with Gasteiger partial charge in [-0.2, -0.15) is 0 Å². The molecule has 2 atom stereocenters. The average Bonchev–Trinajstić information content (AvgIpc) is 2.90. The lowest BCUT2D eigenvalue weighted by atomic mass is 9.99. The third-order valence-corrected chi connectivity index (χ3v) is 7.42. The minimum absolute atomic E-state index is 0.00365. The number of carbonyl (C=O) groups is 1. The number of nitrogens with zero attached hydrogens (tertiary/aromatic N) is 3. The fourth-order valence-corrected chi connectivity index (χ4v) is 5.26. The predicted molar refractivity (Wildman–Crippen MR) is 136 cm³/mol. The number of amides is 1. The summed E-state index contributed by atoms with van der Waals surface area (Å²) >= 11 is 0. The van der Waals surface area contributed by atoms with E-state index in [1.165, 1.54) is 22.7 Å². The van der Waals surface area contributed by atoms with Crippen LogP contribution in [0.5, 0.6) is 0 Å². The number of rotatable bonds is 6. The van der Waals surface area contributed by atoms with Crippen molar-refractivity contribution in [1.29, 1.82) is 0 Å². The van der Waals surface area contributed by atoms with Gasteiger partial charge in [-0.25, -0.2) is 9.97 Å². The van der Waals surface area contributed by atoms with Gasteiger partial charge in [-0.05, 0) is 42.5 Å². The molecule has 7 nitrogen and oxygen atoms in total. The molecule has 0 radical (unpaired) electrons. The zero-order valence-electron chi connectivity index (χ0n) is 20.6. The molecule has 184 valence electrons.